The Kier molecular flexibility index (Phi) is 6.26. The largest absolute Gasteiger partial charge is 0.289 e. The molecule has 0 unspecified atom stereocenters. The Morgan fingerprint density at radius 2 is 0.944 bits per heavy atom. The number of hydrogen-bond acceptors (Lipinski definition) is 6. The zero-order chi connectivity index (χ0) is 25.7. The van der Waals surface area contributed by atoms with Gasteiger partial charge in [-0.15, -0.1) is 0 Å². The average Bonchev–Trinajstić information content (AvgIpc) is 3.29. The predicted molar refractivity (Wildman–Crippen MR) is 137 cm³/mol. The zero-order valence-corrected chi connectivity index (χ0v) is 21.3. The van der Waals surface area contributed by atoms with Gasteiger partial charge < -0.3 is 0 Å². The summed E-state index contributed by atoms with van der Waals surface area (Å²) >= 11 is 0. The van der Waals surface area contributed by atoms with Crippen LogP contribution in [0.4, 0.5) is 11.4 Å². The molecule has 3 fully saturated rings. The molecule has 0 spiro atoms. The molecule has 2 aromatic rings. The first-order valence-electron chi connectivity index (χ1n) is 12.5. The third-order valence-electron chi connectivity index (χ3n) is 7.66. The number of rotatable bonds is 4. The fourth-order valence-corrected chi connectivity index (χ4v) is 5.78. The van der Waals surface area contributed by atoms with Crippen molar-refractivity contribution < 1.29 is 19.2 Å². The number of piperazine rings is 1. The van der Waals surface area contributed by atoms with E-state index in [0.717, 1.165) is 22.3 Å². The molecule has 0 saturated carbocycles. The van der Waals surface area contributed by atoms with Gasteiger partial charge in [0.2, 0.25) is 11.8 Å². The summed E-state index contributed by atoms with van der Waals surface area (Å²) in [5, 5.41) is 0. The van der Waals surface area contributed by atoms with E-state index in [1.165, 1.54) is 9.80 Å². The maximum Gasteiger partial charge on any atom is 0.251 e. The fraction of sp³-hybridized carbons (Fsp3) is 0.429. The van der Waals surface area contributed by atoms with Crippen molar-refractivity contribution in [1.82, 2.24) is 9.80 Å². The van der Waals surface area contributed by atoms with E-state index in [2.05, 4.69) is 0 Å². The van der Waals surface area contributed by atoms with Crippen LogP contribution in [-0.4, -0.2) is 71.7 Å². The van der Waals surface area contributed by atoms with Crippen molar-refractivity contribution in [2.45, 2.75) is 52.6 Å². The van der Waals surface area contributed by atoms with Gasteiger partial charge in [0.15, 0.2) is 0 Å². The van der Waals surface area contributed by atoms with Gasteiger partial charge in [-0.2, -0.15) is 0 Å². The van der Waals surface area contributed by atoms with Crippen molar-refractivity contribution in [1.29, 1.82) is 0 Å². The molecule has 0 radical (unpaired) electrons. The minimum Gasteiger partial charge on any atom is -0.289 e. The lowest BCUT2D eigenvalue weighted by Crippen LogP contribution is -2.56. The molecule has 3 heterocycles. The highest BCUT2D eigenvalue weighted by molar-refractivity contribution is 6.23. The van der Waals surface area contributed by atoms with E-state index in [0.29, 0.717) is 37.6 Å². The van der Waals surface area contributed by atoms with Gasteiger partial charge in [0.1, 0.15) is 0 Å². The van der Waals surface area contributed by atoms with Crippen LogP contribution >= 0.6 is 0 Å². The van der Waals surface area contributed by atoms with Crippen LogP contribution in [0.1, 0.15) is 35.1 Å². The van der Waals surface area contributed by atoms with Gasteiger partial charge in [-0.05, 0) is 51.0 Å². The van der Waals surface area contributed by atoms with Gasteiger partial charge in [-0.1, -0.05) is 35.4 Å². The van der Waals surface area contributed by atoms with Crippen LogP contribution in [0.5, 0.6) is 0 Å². The third-order valence-corrected chi connectivity index (χ3v) is 7.66. The summed E-state index contributed by atoms with van der Waals surface area (Å²) in [7, 11) is 0. The van der Waals surface area contributed by atoms with Crippen LogP contribution in [0.3, 0.4) is 0 Å². The topological polar surface area (TPSA) is 81.2 Å². The van der Waals surface area contributed by atoms with Crippen molar-refractivity contribution in [3.8, 4) is 0 Å². The van der Waals surface area contributed by atoms with E-state index >= 15 is 0 Å². The predicted octanol–water partition coefficient (Wildman–Crippen LogP) is 2.50. The van der Waals surface area contributed by atoms with Gasteiger partial charge in [-0.3, -0.25) is 29.0 Å². The molecule has 8 heteroatoms. The first kappa shape index (κ1) is 24.3. The number of carbonyl (C=O) groups excluding carboxylic acids is 4. The summed E-state index contributed by atoms with van der Waals surface area (Å²) in [4.78, 5) is 59.0. The van der Waals surface area contributed by atoms with Gasteiger partial charge >= 0.3 is 0 Å². The Bertz CT molecular complexity index is 1170. The molecule has 0 aromatic heterocycles. The lowest BCUT2D eigenvalue weighted by molar-refractivity contribution is -0.126. The van der Waals surface area contributed by atoms with Crippen molar-refractivity contribution >= 4 is 35.0 Å². The van der Waals surface area contributed by atoms with Crippen molar-refractivity contribution in [2.75, 3.05) is 36.0 Å². The number of benzene rings is 2. The van der Waals surface area contributed by atoms with Crippen LogP contribution < -0.4 is 9.80 Å². The Balaban J connectivity index is 1.25. The third kappa shape index (κ3) is 4.14. The van der Waals surface area contributed by atoms with Crippen LogP contribution in [0.15, 0.2) is 36.4 Å². The molecule has 2 atom stereocenters. The molecule has 4 amide bonds. The summed E-state index contributed by atoms with van der Waals surface area (Å²) in [5.41, 5.74) is 5.27. The highest BCUT2D eigenvalue weighted by Gasteiger charge is 2.47. The molecule has 3 aliphatic heterocycles. The number of amides is 4. The average molecular weight is 489 g/mol. The molecular weight excluding hydrogens is 456 g/mol. The second kappa shape index (κ2) is 9.26. The van der Waals surface area contributed by atoms with Crippen molar-refractivity contribution in [3.63, 3.8) is 0 Å². The quantitative estimate of drug-likeness (QED) is 0.616. The number of carbonyl (C=O) groups is 4. The zero-order valence-electron chi connectivity index (χ0n) is 21.3. The molecule has 8 nitrogen and oxygen atoms in total. The van der Waals surface area contributed by atoms with Crippen LogP contribution in [-0.2, 0) is 19.2 Å². The lowest BCUT2D eigenvalue weighted by atomic mass is 10.1. The first-order valence-corrected chi connectivity index (χ1v) is 12.5. The van der Waals surface area contributed by atoms with E-state index in [1.807, 2.05) is 73.9 Å². The van der Waals surface area contributed by atoms with Crippen LogP contribution in [0.25, 0.3) is 0 Å². The summed E-state index contributed by atoms with van der Waals surface area (Å²) in [6, 6.07) is 10.5. The summed E-state index contributed by atoms with van der Waals surface area (Å²) in [5.74, 6) is -0.734. The molecule has 3 aliphatic rings. The minimum absolute atomic E-state index is 0.160. The second-order valence-corrected chi connectivity index (χ2v) is 10.2. The SMILES string of the molecule is Cc1ccc(N2C(=O)C[C@@H](N3CCN([C@@H]4CC(=O)N(c5ccc(C)cc5C)C4=O)CC3)C2=O)c(C)c1. The number of imide groups is 2. The van der Waals surface area contributed by atoms with Gasteiger partial charge in [-0.25, -0.2) is 9.80 Å². The second-order valence-electron chi connectivity index (χ2n) is 10.2. The standard InChI is InChI=1S/C28H32N4O4/c1-17-5-7-21(19(3)13-17)31-25(33)15-23(27(31)35)29-9-11-30(12-10-29)24-16-26(34)32(28(24)36)22-8-6-18(2)14-20(22)4/h5-8,13-14,23-24H,9-12,15-16H2,1-4H3/t23-,24-/m1/s1. The van der Waals surface area contributed by atoms with E-state index < -0.39 is 12.1 Å². The Hall–Kier alpha value is -3.36. The van der Waals surface area contributed by atoms with Crippen LogP contribution in [0.2, 0.25) is 0 Å². The summed E-state index contributed by atoms with van der Waals surface area (Å²) < 4.78 is 0. The summed E-state index contributed by atoms with van der Waals surface area (Å²) in [6.45, 7) is 10.0. The Morgan fingerprint density at radius 3 is 1.28 bits per heavy atom. The molecule has 3 saturated heterocycles. The van der Waals surface area contributed by atoms with Crippen molar-refractivity contribution in [3.05, 3.63) is 58.7 Å². The maximum atomic E-state index is 13.3. The smallest absolute Gasteiger partial charge is 0.251 e. The number of hydrogen-bond donors (Lipinski definition) is 0. The molecule has 0 bridgehead atoms. The molecule has 36 heavy (non-hydrogen) atoms. The number of anilines is 2. The van der Waals surface area contributed by atoms with E-state index in [1.54, 1.807) is 0 Å². The van der Waals surface area contributed by atoms with E-state index in [4.69, 9.17) is 0 Å². The van der Waals surface area contributed by atoms with Gasteiger partial charge in [0.25, 0.3) is 11.8 Å². The minimum atomic E-state index is -0.493. The first-order chi connectivity index (χ1) is 17.2. The highest BCUT2D eigenvalue weighted by Crippen LogP contribution is 2.32. The number of nitrogens with zero attached hydrogens (tertiary/aromatic N) is 4. The lowest BCUT2D eigenvalue weighted by Gasteiger charge is -2.38. The van der Waals surface area contributed by atoms with Gasteiger partial charge in [0, 0.05) is 26.2 Å². The molecule has 0 N–H and O–H groups in total. The molecule has 2 aromatic carbocycles. The van der Waals surface area contributed by atoms with E-state index in [9.17, 15) is 19.2 Å². The van der Waals surface area contributed by atoms with E-state index in [-0.39, 0.29) is 36.5 Å². The maximum absolute atomic E-state index is 13.3. The number of aryl methyl sites for hydroxylation is 4. The molecule has 5 rings (SSSR count). The molecule has 0 aliphatic carbocycles. The normalized spacial score (nSPS) is 23.9. The highest BCUT2D eigenvalue weighted by atomic mass is 16.2. The summed E-state index contributed by atoms with van der Waals surface area (Å²) in [6.07, 6.45) is 0.320. The molecule has 188 valence electrons. The Morgan fingerprint density at radius 1 is 0.583 bits per heavy atom. The fourth-order valence-electron chi connectivity index (χ4n) is 5.78. The monoisotopic (exact) mass is 488 g/mol. The Labute approximate surface area is 211 Å². The molecular formula is C28H32N4O4. The van der Waals surface area contributed by atoms with Gasteiger partial charge in [0.05, 0.1) is 36.3 Å². The van der Waals surface area contributed by atoms with Crippen molar-refractivity contribution in [2.24, 2.45) is 0 Å². The van der Waals surface area contributed by atoms with Crippen LogP contribution in [0, 0.1) is 27.7 Å².